The fourth-order valence-corrected chi connectivity index (χ4v) is 2.09. The van der Waals surface area contributed by atoms with Gasteiger partial charge in [0.05, 0.1) is 6.54 Å². The normalized spacial score (nSPS) is 11.6. The van der Waals surface area contributed by atoms with Gasteiger partial charge in [0, 0.05) is 23.8 Å². The highest BCUT2D eigenvalue weighted by Gasteiger charge is 2.30. The van der Waals surface area contributed by atoms with Gasteiger partial charge in [-0.1, -0.05) is 11.6 Å². The van der Waals surface area contributed by atoms with Crippen LogP contribution >= 0.6 is 11.6 Å². The summed E-state index contributed by atoms with van der Waals surface area (Å²) in [6, 6.07) is 8.67. The predicted molar refractivity (Wildman–Crippen MR) is 95.6 cm³/mol. The van der Waals surface area contributed by atoms with Crippen LogP contribution in [-0.2, 0) is 11.3 Å². The number of nitrogens with zero attached hydrogens (tertiary/aromatic N) is 3. The molecule has 0 saturated heterocycles. The van der Waals surface area contributed by atoms with Gasteiger partial charge in [-0.05, 0) is 52.2 Å². The van der Waals surface area contributed by atoms with Gasteiger partial charge in [0.2, 0.25) is 0 Å². The van der Waals surface area contributed by atoms with Gasteiger partial charge >= 0.3 is 0 Å². The van der Waals surface area contributed by atoms with E-state index in [9.17, 15) is 4.79 Å². The highest BCUT2D eigenvalue weighted by molar-refractivity contribution is 6.30. The lowest BCUT2D eigenvalue weighted by Crippen LogP contribution is -2.42. The number of ether oxygens (including phenoxy) is 1. The molecule has 0 atom stereocenters. The first-order chi connectivity index (χ1) is 11.3. The van der Waals surface area contributed by atoms with Crippen LogP contribution in [0.4, 0.5) is 5.82 Å². The zero-order chi connectivity index (χ0) is 17.7. The van der Waals surface area contributed by atoms with Crippen LogP contribution in [0.15, 0.2) is 36.5 Å². The maximum Gasteiger partial charge on any atom is 0.269 e. The maximum absolute atomic E-state index is 12.5. The van der Waals surface area contributed by atoms with E-state index < -0.39 is 5.60 Å². The number of aromatic nitrogens is 2. The lowest BCUT2D eigenvalue weighted by atomic mass is 10.1. The summed E-state index contributed by atoms with van der Waals surface area (Å²) in [5.41, 5.74) is -1.04. The van der Waals surface area contributed by atoms with E-state index in [4.69, 9.17) is 16.3 Å². The second kappa shape index (κ2) is 7.68. The van der Waals surface area contributed by atoms with Crippen LogP contribution in [-0.4, -0.2) is 46.8 Å². The number of nitrogens with one attached hydrogen (secondary N) is 1. The number of halogens is 1. The van der Waals surface area contributed by atoms with Crippen LogP contribution in [0.1, 0.15) is 13.8 Å². The number of anilines is 1. The van der Waals surface area contributed by atoms with Crippen molar-refractivity contribution in [3.05, 3.63) is 41.6 Å². The molecule has 1 N–H and O–H groups in total. The molecule has 0 aliphatic rings. The molecular formula is C17H23ClN4O2. The predicted octanol–water partition coefficient (Wildman–Crippen LogP) is 2.89. The minimum Gasteiger partial charge on any atom is -0.478 e. The minimum absolute atomic E-state index is 0.268. The Morgan fingerprint density at radius 3 is 2.58 bits per heavy atom. The SMILES string of the molecule is CN(C)CCn1ccc(NC(=O)C(C)(C)Oc2ccc(Cl)cc2)n1. The number of likely N-dealkylation sites (N-methyl/N-ethyl adjacent to an activating group) is 1. The third-order valence-corrected chi connectivity index (χ3v) is 3.64. The molecule has 0 aliphatic heterocycles. The summed E-state index contributed by atoms with van der Waals surface area (Å²) in [6.07, 6.45) is 1.84. The van der Waals surface area contributed by atoms with Crippen LogP contribution in [0.5, 0.6) is 5.75 Å². The Bertz CT molecular complexity index is 680. The second-order valence-electron chi connectivity index (χ2n) is 6.29. The Morgan fingerprint density at radius 1 is 1.29 bits per heavy atom. The van der Waals surface area contributed by atoms with Crippen LogP contribution in [0.3, 0.4) is 0 Å². The largest absolute Gasteiger partial charge is 0.478 e. The number of rotatable bonds is 7. The summed E-state index contributed by atoms with van der Waals surface area (Å²) in [5, 5.41) is 7.74. The van der Waals surface area contributed by atoms with Crippen LogP contribution in [0.2, 0.25) is 5.02 Å². The van der Waals surface area contributed by atoms with Crippen molar-refractivity contribution in [2.45, 2.75) is 26.0 Å². The van der Waals surface area contributed by atoms with Crippen molar-refractivity contribution in [2.75, 3.05) is 26.0 Å². The lowest BCUT2D eigenvalue weighted by molar-refractivity contribution is -0.128. The van der Waals surface area contributed by atoms with Crippen LogP contribution in [0.25, 0.3) is 0 Å². The Labute approximate surface area is 147 Å². The first kappa shape index (κ1) is 18.3. The fourth-order valence-electron chi connectivity index (χ4n) is 1.97. The molecule has 1 aromatic carbocycles. The number of carbonyl (C=O) groups excluding carboxylic acids is 1. The maximum atomic E-state index is 12.5. The zero-order valence-electron chi connectivity index (χ0n) is 14.4. The van der Waals surface area contributed by atoms with Gasteiger partial charge in [-0.2, -0.15) is 5.10 Å². The average Bonchev–Trinajstić information content (AvgIpc) is 2.95. The number of carbonyl (C=O) groups is 1. The van der Waals surface area contributed by atoms with Gasteiger partial charge in [0.1, 0.15) is 5.75 Å². The molecule has 0 saturated carbocycles. The number of hydrogen-bond acceptors (Lipinski definition) is 4. The molecule has 2 rings (SSSR count). The quantitative estimate of drug-likeness (QED) is 0.834. The summed E-state index contributed by atoms with van der Waals surface area (Å²) in [6.45, 7) is 5.05. The summed E-state index contributed by atoms with van der Waals surface area (Å²) in [7, 11) is 4.01. The van der Waals surface area contributed by atoms with Gasteiger partial charge in [0.25, 0.3) is 5.91 Å². The van der Waals surface area contributed by atoms with E-state index in [0.29, 0.717) is 16.6 Å². The van der Waals surface area contributed by atoms with Crippen molar-refractivity contribution in [1.82, 2.24) is 14.7 Å². The van der Waals surface area contributed by atoms with Crippen molar-refractivity contribution >= 4 is 23.3 Å². The van der Waals surface area contributed by atoms with Crippen molar-refractivity contribution in [3.8, 4) is 5.75 Å². The minimum atomic E-state index is -1.04. The summed E-state index contributed by atoms with van der Waals surface area (Å²) < 4.78 is 7.56. The molecule has 0 aliphatic carbocycles. The van der Waals surface area contributed by atoms with E-state index in [1.54, 1.807) is 48.9 Å². The standard InChI is InChI=1S/C17H23ClN4O2/c1-17(2,24-14-7-5-13(18)6-8-14)16(23)19-15-9-10-22(20-15)12-11-21(3)4/h5-10H,11-12H2,1-4H3,(H,19,20,23). The van der Waals surface area contributed by atoms with Gasteiger partial charge in [-0.25, -0.2) is 0 Å². The number of benzene rings is 1. The molecule has 1 amide bonds. The van der Waals surface area contributed by atoms with Gasteiger partial charge in [-0.15, -0.1) is 0 Å². The van der Waals surface area contributed by atoms with E-state index in [2.05, 4.69) is 15.3 Å². The molecule has 0 spiro atoms. The molecule has 0 unspecified atom stereocenters. The Balaban J connectivity index is 1.96. The van der Waals surface area contributed by atoms with Crippen molar-refractivity contribution < 1.29 is 9.53 Å². The highest BCUT2D eigenvalue weighted by atomic mass is 35.5. The summed E-state index contributed by atoms with van der Waals surface area (Å²) >= 11 is 5.85. The molecule has 2 aromatic rings. The van der Waals surface area contributed by atoms with Crippen molar-refractivity contribution in [1.29, 1.82) is 0 Å². The van der Waals surface area contributed by atoms with Crippen molar-refractivity contribution in [3.63, 3.8) is 0 Å². The Morgan fingerprint density at radius 2 is 1.96 bits per heavy atom. The number of amides is 1. The van der Waals surface area contributed by atoms with E-state index in [1.165, 1.54) is 0 Å². The van der Waals surface area contributed by atoms with Crippen LogP contribution < -0.4 is 10.1 Å². The molecule has 1 aromatic heterocycles. The van der Waals surface area contributed by atoms with E-state index in [-0.39, 0.29) is 5.91 Å². The smallest absolute Gasteiger partial charge is 0.269 e. The van der Waals surface area contributed by atoms with E-state index >= 15 is 0 Å². The first-order valence-electron chi connectivity index (χ1n) is 7.70. The van der Waals surface area contributed by atoms with E-state index in [1.807, 2.05) is 20.3 Å². The van der Waals surface area contributed by atoms with Crippen molar-refractivity contribution in [2.24, 2.45) is 0 Å². The molecule has 0 fully saturated rings. The lowest BCUT2D eigenvalue weighted by Gasteiger charge is -2.24. The zero-order valence-corrected chi connectivity index (χ0v) is 15.2. The Hall–Kier alpha value is -2.05. The number of hydrogen-bond donors (Lipinski definition) is 1. The van der Waals surface area contributed by atoms with E-state index in [0.717, 1.165) is 13.1 Å². The average molecular weight is 351 g/mol. The Kier molecular flexibility index (Phi) is 5.85. The summed E-state index contributed by atoms with van der Waals surface area (Å²) in [5.74, 6) is 0.818. The third-order valence-electron chi connectivity index (χ3n) is 3.39. The molecule has 130 valence electrons. The molecular weight excluding hydrogens is 328 g/mol. The van der Waals surface area contributed by atoms with Gasteiger partial charge in [-0.3, -0.25) is 9.48 Å². The monoisotopic (exact) mass is 350 g/mol. The fraction of sp³-hybridized carbons (Fsp3) is 0.412. The van der Waals surface area contributed by atoms with Gasteiger partial charge < -0.3 is 15.0 Å². The first-order valence-corrected chi connectivity index (χ1v) is 8.08. The third kappa shape index (κ3) is 5.25. The summed E-state index contributed by atoms with van der Waals surface area (Å²) in [4.78, 5) is 14.5. The molecule has 1 heterocycles. The molecule has 7 heteroatoms. The highest BCUT2D eigenvalue weighted by Crippen LogP contribution is 2.21. The van der Waals surface area contributed by atoms with Crippen LogP contribution in [0, 0.1) is 0 Å². The van der Waals surface area contributed by atoms with Gasteiger partial charge in [0.15, 0.2) is 11.4 Å². The molecule has 6 nitrogen and oxygen atoms in total. The molecule has 0 radical (unpaired) electrons. The topological polar surface area (TPSA) is 59.4 Å². The second-order valence-corrected chi connectivity index (χ2v) is 6.72. The molecule has 0 bridgehead atoms. The molecule has 24 heavy (non-hydrogen) atoms.